The number of ether oxygens (including phenoxy) is 1. The zero-order chi connectivity index (χ0) is 29.4. The Balaban J connectivity index is 1.53. The monoisotopic (exact) mass is 556 g/mol. The van der Waals surface area contributed by atoms with Crippen LogP contribution in [0.15, 0.2) is 66.7 Å². The van der Waals surface area contributed by atoms with E-state index in [1.807, 2.05) is 24.3 Å². The Morgan fingerprint density at radius 3 is 2.37 bits per heavy atom. The lowest BCUT2D eigenvalue weighted by atomic mass is 9.87. The number of aliphatic carboxylic acids is 1. The van der Waals surface area contributed by atoms with E-state index in [9.17, 15) is 14.7 Å². The number of rotatable bonds is 12. The summed E-state index contributed by atoms with van der Waals surface area (Å²) in [5.74, 6) is -0.807. The van der Waals surface area contributed by atoms with Gasteiger partial charge in [-0.1, -0.05) is 63.2 Å². The van der Waals surface area contributed by atoms with E-state index in [2.05, 4.69) is 55.7 Å². The Kier molecular flexibility index (Phi) is 9.98. The molecule has 0 saturated heterocycles. The normalized spacial score (nSPS) is 14.3. The lowest BCUT2D eigenvalue weighted by Crippen LogP contribution is -2.29. The fourth-order valence-electron chi connectivity index (χ4n) is 5.45. The third-order valence-electron chi connectivity index (χ3n) is 7.81. The molecule has 216 valence electrons. The second kappa shape index (κ2) is 13.6. The number of fused-ring (bicyclic) bond motifs is 1. The molecule has 6 heteroatoms. The van der Waals surface area contributed by atoms with Crippen molar-refractivity contribution in [2.75, 3.05) is 13.1 Å². The summed E-state index contributed by atoms with van der Waals surface area (Å²) in [6, 6.07) is 22.2. The molecule has 41 heavy (non-hydrogen) atoms. The van der Waals surface area contributed by atoms with Crippen molar-refractivity contribution in [1.82, 2.24) is 0 Å². The Labute approximate surface area is 243 Å². The van der Waals surface area contributed by atoms with E-state index in [-0.39, 0.29) is 11.8 Å². The number of hydrogen-bond donors (Lipinski definition) is 2. The summed E-state index contributed by atoms with van der Waals surface area (Å²) >= 11 is 0. The highest BCUT2D eigenvalue weighted by molar-refractivity contribution is 6.00. The van der Waals surface area contributed by atoms with Crippen LogP contribution in [0.4, 0.5) is 0 Å². The molecule has 0 heterocycles. The van der Waals surface area contributed by atoms with Crippen molar-refractivity contribution in [1.29, 1.82) is 0 Å². The number of carboxylic acids is 2. The molecule has 0 unspecified atom stereocenters. The lowest BCUT2D eigenvalue weighted by molar-refractivity contribution is -0.528. The van der Waals surface area contributed by atoms with Crippen molar-refractivity contribution in [3.8, 4) is 5.75 Å². The van der Waals surface area contributed by atoms with E-state index in [0.29, 0.717) is 18.6 Å². The maximum atomic E-state index is 11.5. The van der Waals surface area contributed by atoms with Crippen LogP contribution in [0, 0.1) is 0 Å². The summed E-state index contributed by atoms with van der Waals surface area (Å²) in [4.78, 5) is 22.6. The first kappa shape index (κ1) is 30.0. The summed E-state index contributed by atoms with van der Waals surface area (Å²) in [6.45, 7) is 8.65. The molecule has 0 aromatic heterocycles. The standard InChI is InChI=1S/C35H41NO5/c1-35(2,3)29-17-14-25(15-18-29)24-41-32-12-5-4-9-26(32)20-22-36(21-7-6-13-33(37)38)31-11-8-10-27-23-28(34(39)40)16-19-30(27)31/h4-5,9,12,14-19,23H,6-8,10-11,13,20-22,24H2,1-3H3,(H-,37,38,39,40)/p+1. The van der Waals surface area contributed by atoms with Gasteiger partial charge < -0.3 is 14.9 Å². The highest BCUT2D eigenvalue weighted by Gasteiger charge is 2.25. The van der Waals surface area contributed by atoms with Gasteiger partial charge in [0.1, 0.15) is 25.4 Å². The summed E-state index contributed by atoms with van der Waals surface area (Å²) < 4.78 is 8.67. The molecular formula is C35H42NO5+. The van der Waals surface area contributed by atoms with E-state index in [4.69, 9.17) is 9.84 Å². The Morgan fingerprint density at radius 2 is 1.66 bits per heavy atom. The third-order valence-corrected chi connectivity index (χ3v) is 7.81. The summed E-state index contributed by atoms with van der Waals surface area (Å²) in [5.41, 5.74) is 7.39. The molecule has 1 aliphatic rings. The van der Waals surface area contributed by atoms with E-state index < -0.39 is 11.9 Å². The largest absolute Gasteiger partial charge is 0.489 e. The van der Waals surface area contributed by atoms with Gasteiger partial charge in [-0.25, -0.2) is 9.37 Å². The van der Waals surface area contributed by atoms with Gasteiger partial charge in [-0.05, 0) is 65.6 Å². The molecule has 0 amide bonds. The number of benzene rings is 3. The average Bonchev–Trinajstić information content (AvgIpc) is 2.95. The van der Waals surface area contributed by atoms with Crippen LogP contribution in [0.2, 0.25) is 0 Å². The van der Waals surface area contributed by atoms with E-state index in [1.54, 1.807) is 12.1 Å². The predicted octanol–water partition coefficient (Wildman–Crippen LogP) is 6.90. The van der Waals surface area contributed by atoms with Crippen LogP contribution in [0.3, 0.4) is 0 Å². The van der Waals surface area contributed by atoms with Crippen LogP contribution in [0.1, 0.15) is 91.1 Å². The van der Waals surface area contributed by atoms with Gasteiger partial charge in [0, 0.05) is 36.8 Å². The number of nitrogens with zero attached hydrogens (tertiary/aromatic N) is 1. The molecule has 0 saturated carbocycles. The first-order chi connectivity index (χ1) is 19.6. The van der Waals surface area contributed by atoms with Gasteiger partial charge in [0.2, 0.25) is 0 Å². The second-order valence-corrected chi connectivity index (χ2v) is 11.9. The lowest BCUT2D eigenvalue weighted by Gasteiger charge is -2.20. The predicted molar refractivity (Wildman–Crippen MR) is 162 cm³/mol. The zero-order valence-corrected chi connectivity index (χ0v) is 24.5. The number of carbonyl (C=O) groups is 2. The first-order valence-electron chi connectivity index (χ1n) is 14.6. The van der Waals surface area contributed by atoms with Crippen LogP contribution in [-0.4, -0.2) is 45.5 Å². The van der Waals surface area contributed by atoms with Gasteiger partial charge in [-0.2, -0.15) is 0 Å². The van der Waals surface area contributed by atoms with Crippen molar-refractivity contribution in [2.45, 2.75) is 77.7 Å². The van der Waals surface area contributed by atoms with Crippen LogP contribution >= 0.6 is 0 Å². The minimum Gasteiger partial charge on any atom is -0.489 e. The number of carboxylic acid groups (broad SMARTS) is 2. The zero-order valence-electron chi connectivity index (χ0n) is 24.5. The molecule has 6 nitrogen and oxygen atoms in total. The van der Waals surface area contributed by atoms with Crippen LogP contribution in [0.25, 0.3) is 0 Å². The number of unbranched alkanes of at least 4 members (excludes halogenated alkanes) is 1. The van der Waals surface area contributed by atoms with Crippen LogP contribution in [-0.2, 0) is 29.7 Å². The van der Waals surface area contributed by atoms with Crippen molar-refractivity contribution >= 4 is 17.7 Å². The van der Waals surface area contributed by atoms with Gasteiger partial charge in [0.25, 0.3) is 0 Å². The van der Waals surface area contributed by atoms with E-state index >= 15 is 0 Å². The minimum absolute atomic E-state index is 0.112. The van der Waals surface area contributed by atoms with Crippen molar-refractivity contribution < 1.29 is 29.1 Å². The number of para-hydroxylation sites is 1. The van der Waals surface area contributed by atoms with E-state index in [0.717, 1.165) is 73.2 Å². The Hall–Kier alpha value is -3.93. The van der Waals surface area contributed by atoms with Gasteiger partial charge in [0.15, 0.2) is 5.71 Å². The summed E-state index contributed by atoms with van der Waals surface area (Å²) in [5, 5.41) is 18.6. The quantitative estimate of drug-likeness (QED) is 0.187. The van der Waals surface area contributed by atoms with Gasteiger partial charge in [0.05, 0.1) is 5.56 Å². The molecule has 3 aromatic rings. The maximum Gasteiger partial charge on any atom is 0.335 e. The Bertz CT molecular complexity index is 1400. The van der Waals surface area contributed by atoms with Crippen LogP contribution < -0.4 is 4.74 Å². The molecule has 3 aromatic carbocycles. The molecule has 0 atom stereocenters. The van der Waals surface area contributed by atoms with Gasteiger partial charge in [-0.15, -0.1) is 0 Å². The molecule has 0 spiro atoms. The Morgan fingerprint density at radius 1 is 0.902 bits per heavy atom. The maximum absolute atomic E-state index is 11.5. The molecule has 1 aliphatic carbocycles. The molecule has 0 fully saturated rings. The molecule has 4 rings (SSSR count). The fraction of sp³-hybridized carbons (Fsp3) is 0.400. The van der Waals surface area contributed by atoms with Crippen molar-refractivity contribution in [2.24, 2.45) is 0 Å². The second-order valence-electron chi connectivity index (χ2n) is 11.9. The fourth-order valence-corrected chi connectivity index (χ4v) is 5.45. The summed E-state index contributed by atoms with van der Waals surface area (Å²) in [7, 11) is 0. The summed E-state index contributed by atoms with van der Waals surface area (Å²) in [6.07, 6.45) is 5.09. The molecule has 0 radical (unpaired) electrons. The molecule has 0 aliphatic heterocycles. The SMILES string of the molecule is CC(C)(C)c1ccc(COc2ccccc2CC[N+](CCCCC(=O)O)=C2CCCc3cc(C(=O)O)ccc32)cc1. The number of aromatic carboxylic acids is 1. The third kappa shape index (κ3) is 8.29. The molecule has 0 bridgehead atoms. The van der Waals surface area contributed by atoms with Crippen molar-refractivity contribution in [3.63, 3.8) is 0 Å². The minimum atomic E-state index is -0.910. The number of hydrogen-bond acceptors (Lipinski definition) is 3. The first-order valence-corrected chi connectivity index (χ1v) is 14.6. The van der Waals surface area contributed by atoms with Gasteiger partial charge >= 0.3 is 11.9 Å². The highest BCUT2D eigenvalue weighted by Crippen LogP contribution is 2.26. The smallest absolute Gasteiger partial charge is 0.335 e. The molecule has 2 N–H and O–H groups in total. The molecular weight excluding hydrogens is 514 g/mol. The van der Waals surface area contributed by atoms with Crippen molar-refractivity contribution in [3.05, 3.63) is 100 Å². The van der Waals surface area contributed by atoms with Gasteiger partial charge in [-0.3, -0.25) is 4.79 Å². The van der Waals surface area contributed by atoms with E-state index in [1.165, 1.54) is 11.3 Å². The average molecular weight is 557 g/mol. The number of aryl methyl sites for hydroxylation is 1. The topological polar surface area (TPSA) is 86.8 Å². The highest BCUT2D eigenvalue weighted by atomic mass is 16.5. The van der Waals surface area contributed by atoms with Crippen LogP contribution in [0.5, 0.6) is 5.75 Å².